The van der Waals surface area contributed by atoms with Gasteiger partial charge in [0.15, 0.2) is 23.2 Å². The van der Waals surface area contributed by atoms with Crippen LogP contribution in [0.4, 0.5) is 0 Å². The smallest absolute Gasteiger partial charge is 0.258 e. The lowest BCUT2D eigenvalue weighted by atomic mass is 10.2. The number of carbonyl (C=O) groups is 1. The second-order valence-electron chi connectivity index (χ2n) is 5.54. The molecule has 0 radical (unpaired) electrons. The number of nitrogens with two attached hydrogens (primary N) is 1. The first-order valence-electron chi connectivity index (χ1n) is 8.48. The van der Waals surface area contributed by atoms with Gasteiger partial charge in [-0.1, -0.05) is 30.3 Å². The van der Waals surface area contributed by atoms with E-state index < -0.39 is 0 Å². The van der Waals surface area contributed by atoms with Crippen molar-refractivity contribution in [1.82, 2.24) is 10.7 Å². The van der Waals surface area contributed by atoms with Crippen molar-refractivity contribution in [2.45, 2.75) is 13.5 Å². The lowest BCUT2D eigenvalue weighted by molar-refractivity contribution is -0.123. The molecule has 9 heteroatoms. The fourth-order valence-corrected chi connectivity index (χ4v) is 2.66. The van der Waals surface area contributed by atoms with Gasteiger partial charge < -0.3 is 20.5 Å². The number of carbonyl (C=O) groups excluding carboxylic acids is 1. The third kappa shape index (κ3) is 7.16. The first-order chi connectivity index (χ1) is 13.5. The molecule has 0 bridgehead atoms. The number of amides is 1. The van der Waals surface area contributed by atoms with Crippen LogP contribution in [0.1, 0.15) is 18.1 Å². The van der Waals surface area contributed by atoms with Crippen molar-refractivity contribution in [3.05, 3.63) is 58.1 Å². The summed E-state index contributed by atoms with van der Waals surface area (Å²) in [6, 6.07) is 13.1. The maximum absolute atomic E-state index is 12.1. The van der Waals surface area contributed by atoms with E-state index in [0.29, 0.717) is 29.1 Å². The summed E-state index contributed by atoms with van der Waals surface area (Å²) in [5, 5.41) is 6.81. The summed E-state index contributed by atoms with van der Waals surface area (Å²) in [6.45, 7) is 2.62. The molecule has 0 aliphatic carbocycles. The van der Waals surface area contributed by atoms with Crippen LogP contribution in [-0.2, 0) is 11.3 Å². The molecule has 2 aromatic rings. The molecule has 0 aromatic heterocycles. The zero-order chi connectivity index (χ0) is 20.4. The maximum atomic E-state index is 12.1. The normalized spacial score (nSPS) is 10.5. The summed E-state index contributed by atoms with van der Waals surface area (Å²) < 4.78 is 12.0. The van der Waals surface area contributed by atoms with Gasteiger partial charge in [0.2, 0.25) is 0 Å². The van der Waals surface area contributed by atoms with Gasteiger partial charge in [-0.15, -0.1) is 0 Å². The number of hydrogen-bond donors (Lipinski definition) is 3. The van der Waals surface area contributed by atoms with E-state index in [0.717, 1.165) is 11.1 Å². The van der Waals surface area contributed by atoms with Gasteiger partial charge in [0.1, 0.15) is 0 Å². The van der Waals surface area contributed by atoms with Crippen molar-refractivity contribution < 1.29 is 14.3 Å². The average Bonchev–Trinajstić information content (AvgIpc) is 2.68. The molecule has 4 N–H and O–H groups in total. The van der Waals surface area contributed by atoms with Gasteiger partial charge in [-0.05, 0) is 52.8 Å². The second kappa shape index (κ2) is 11.3. The summed E-state index contributed by atoms with van der Waals surface area (Å²) in [5.74, 6) is 0.718. The van der Waals surface area contributed by atoms with Crippen molar-refractivity contribution in [2.24, 2.45) is 10.8 Å². The molecule has 1 amide bonds. The Labute approximate surface area is 177 Å². The number of nitrogens with one attached hydrogen (secondary N) is 2. The number of thiocarbonyl (C=S) groups is 1. The molecule has 0 unspecified atom stereocenters. The molecule has 0 saturated heterocycles. The molecule has 0 saturated carbocycles. The topological polar surface area (TPSA) is 98.0 Å². The van der Waals surface area contributed by atoms with Crippen molar-refractivity contribution >= 4 is 45.4 Å². The predicted octanol–water partition coefficient (Wildman–Crippen LogP) is 2.71. The third-order valence-corrected chi connectivity index (χ3v) is 4.21. The van der Waals surface area contributed by atoms with Crippen molar-refractivity contribution in [2.75, 3.05) is 13.2 Å². The first-order valence-corrected chi connectivity index (χ1v) is 9.68. The van der Waals surface area contributed by atoms with Crippen LogP contribution in [0.5, 0.6) is 11.5 Å². The van der Waals surface area contributed by atoms with Gasteiger partial charge in [-0.25, -0.2) is 0 Å². The highest BCUT2D eigenvalue weighted by Gasteiger charge is 2.12. The Hall–Kier alpha value is -2.65. The monoisotopic (exact) mass is 464 g/mol. The van der Waals surface area contributed by atoms with Gasteiger partial charge in [0.05, 0.1) is 12.8 Å². The number of rotatable bonds is 9. The number of halogens is 1. The van der Waals surface area contributed by atoms with Crippen LogP contribution < -0.4 is 25.9 Å². The maximum Gasteiger partial charge on any atom is 0.258 e. The van der Waals surface area contributed by atoms with Crippen LogP contribution in [0.2, 0.25) is 0 Å². The fourth-order valence-electron chi connectivity index (χ4n) is 2.19. The van der Waals surface area contributed by atoms with E-state index in [1.807, 2.05) is 37.3 Å². The van der Waals surface area contributed by atoms with E-state index in [9.17, 15) is 4.79 Å². The molecule has 0 heterocycles. The van der Waals surface area contributed by atoms with E-state index in [-0.39, 0.29) is 17.6 Å². The Morgan fingerprint density at radius 3 is 2.64 bits per heavy atom. The summed E-state index contributed by atoms with van der Waals surface area (Å²) in [7, 11) is 0. The summed E-state index contributed by atoms with van der Waals surface area (Å²) in [6.07, 6.45) is 1.54. The molecule has 7 nitrogen and oxygen atoms in total. The molecule has 148 valence electrons. The number of ether oxygens (including phenoxy) is 2. The van der Waals surface area contributed by atoms with E-state index >= 15 is 0 Å². The highest BCUT2D eigenvalue weighted by atomic mass is 79.9. The van der Waals surface area contributed by atoms with Crippen LogP contribution in [0.25, 0.3) is 0 Å². The molecular weight excluding hydrogens is 444 g/mol. The predicted molar refractivity (Wildman–Crippen MR) is 117 cm³/mol. The van der Waals surface area contributed by atoms with E-state index in [2.05, 4.69) is 31.8 Å². The highest BCUT2D eigenvalue weighted by Crippen LogP contribution is 2.33. The largest absolute Gasteiger partial charge is 0.490 e. The minimum Gasteiger partial charge on any atom is -0.490 e. The molecule has 0 aliphatic heterocycles. The number of nitrogens with zero attached hydrogens (tertiary/aromatic N) is 1. The minimum atomic E-state index is -0.228. The van der Waals surface area contributed by atoms with E-state index in [1.165, 1.54) is 0 Å². The third-order valence-electron chi connectivity index (χ3n) is 3.43. The summed E-state index contributed by atoms with van der Waals surface area (Å²) in [4.78, 5) is 12.1. The summed E-state index contributed by atoms with van der Waals surface area (Å²) in [5.41, 5.74) is 9.57. The first kappa shape index (κ1) is 21.6. The quantitative estimate of drug-likeness (QED) is 0.299. The van der Waals surface area contributed by atoms with Gasteiger partial charge in [0.25, 0.3) is 5.91 Å². The van der Waals surface area contributed by atoms with E-state index in [4.69, 9.17) is 27.4 Å². The molecule has 0 aliphatic rings. The Morgan fingerprint density at radius 2 is 1.96 bits per heavy atom. The molecular formula is C19H21BrN4O3S. The highest BCUT2D eigenvalue weighted by molar-refractivity contribution is 9.10. The number of hydrazone groups is 1. The molecule has 2 aromatic carbocycles. The van der Waals surface area contributed by atoms with Gasteiger partial charge in [-0.2, -0.15) is 5.10 Å². The van der Waals surface area contributed by atoms with Crippen molar-refractivity contribution in [3.8, 4) is 11.5 Å². The second-order valence-corrected chi connectivity index (χ2v) is 6.83. The van der Waals surface area contributed by atoms with Gasteiger partial charge in [-0.3, -0.25) is 10.2 Å². The lowest BCUT2D eigenvalue weighted by Crippen LogP contribution is -2.28. The molecule has 28 heavy (non-hydrogen) atoms. The van der Waals surface area contributed by atoms with Crippen LogP contribution in [0.15, 0.2) is 52.0 Å². The standard InChI is InChI=1S/C19H21BrN4O3S/c1-2-26-16-8-14(11-23-24-19(21)28)15(20)9-17(16)27-12-18(25)22-10-13-6-4-3-5-7-13/h3-9,11H,2,10,12H2,1H3,(H,22,25)(H3,21,24,28). The van der Waals surface area contributed by atoms with E-state index in [1.54, 1.807) is 18.3 Å². The minimum absolute atomic E-state index is 0.0684. The number of benzene rings is 2. The fraction of sp³-hybridized carbons (Fsp3) is 0.211. The number of hydrogen-bond acceptors (Lipinski definition) is 5. The van der Waals surface area contributed by atoms with Gasteiger partial charge in [0, 0.05) is 16.6 Å². The average molecular weight is 465 g/mol. The molecule has 0 fully saturated rings. The van der Waals surface area contributed by atoms with Gasteiger partial charge >= 0.3 is 0 Å². The molecule has 0 atom stereocenters. The Kier molecular flexibility index (Phi) is 8.70. The molecule has 2 rings (SSSR count). The zero-order valence-corrected chi connectivity index (χ0v) is 17.7. The Bertz CT molecular complexity index is 847. The van der Waals surface area contributed by atoms with Crippen LogP contribution in [-0.4, -0.2) is 30.4 Å². The molecule has 0 spiro atoms. The van der Waals surface area contributed by atoms with Crippen molar-refractivity contribution in [3.63, 3.8) is 0 Å². The SMILES string of the molecule is CCOc1cc(C=NNC(N)=S)c(Br)cc1OCC(=O)NCc1ccccc1. The van der Waals surface area contributed by atoms with Crippen LogP contribution >= 0.6 is 28.1 Å². The Balaban J connectivity index is 2.01. The summed E-state index contributed by atoms with van der Waals surface area (Å²) >= 11 is 8.15. The zero-order valence-electron chi connectivity index (χ0n) is 15.3. The van der Waals surface area contributed by atoms with Crippen LogP contribution in [0.3, 0.4) is 0 Å². The lowest BCUT2D eigenvalue weighted by Gasteiger charge is -2.14. The van der Waals surface area contributed by atoms with Crippen molar-refractivity contribution in [1.29, 1.82) is 0 Å². The van der Waals surface area contributed by atoms with Crippen LogP contribution in [0, 0.1) is 0 Å². The Morgan fingerprint density at radius 1 is 1.25 bits per heavy atom.